The van der Waals surface area contributed by atoms with Crippen molar-refractivity contribution in [2.45, 2.75) is 43.7 Å². The summed E-state index contributed by atoms with van der Waals surface area (Å²) >= 11 is 19.6. The molecule has 4 rings (SSSR count). The molecule has 0 aliphatic heterocycles. The first-order valence-electron chi connectivity index (χ1n) is 15.0. The molecule has 0 unspecified atom stereocenters. The molecular weight excluding hydrogens is 681 g/mol. The predicted molar refractivity (Wildman–Crippen MR) is 188 cm³/mol. The molecule has 0 aliphatic carbocycles. The molecule has 0 aromatic heterocycles. The molecule has 1 atom stereocenters. The minimum atomic E-state index is -4.30. The lowest BCUT2D eigenvalue weighted by molar-refractivity contribution is -0.140. The monoisotopic (exact) mass is 715 g/mol. The van der Waals surface area contributed by atoms with Crippen molar-refractivity contribution < 1.29 is 22.7 Å². The van der Waals surface area contributed by atoms with E-state index in [-0.39, 0.29) is 34.5 Å². The molecule has 12 heteroatoms. The van der Waals surface area contributed by atoms with E-state index in [1.54, 1.807) is 36.4 Å². The third-order valence-corrected chi connectivity index (χ3v) is 10.3. The summed E-state index contributed by atoms with van der Waals surface area (Å²) in [5.41, 5.74) is 1.37. The van der Waals surface area contributed by atoms with Gasteiger partial charge in [-0.1, -0.05) is 103 Å². The maximum Gasteiger partial charge on any atom is 0.264 e. The Kier molecular flexibility index (Phi) is 13.0. The standard InChI is InChI=1S/C35H36Cl3N3O5S/c1-3-4-20-39-35(43)32(21-25-12-7-5-8-13-25)40(23-28-29(36)16-11-17-30(28)37)34(42)24-41(26-18-19-33(46-2)31(38)22-26)47(44,45)27-14-9-6-10-15-27/h5-19,22,32H,3-4,20-21,23-24H2,1-2H3,(H,39,43)/t32-/m1/s1. The quantitative estimate of drug-likeness (QED) is 0.129. The van der Waals surface area contributed by atoms with Gasteiger partial charge in [-0.15, -0.1) is 0 Å². The van der Waals surface area contributed by atoms with Crippen molar-refractivity contribution >= 4 is 62.3 Å². The molecule has 0 saturated heterocycles. The van der Waals surface area contributed by atoms with Gasteiger partial charge in [-0.25, -0.2) is 8.42 Å². The maximum atomic E-state index is 14.6. The van der Waals surface area contributed by atoms with Crippen molar-refractivity contribution in [3.63, 3.8) is 0 Å². The highest BCUT2D eigenvalue weighted by molar-refractivity contribution is 7.92. The summed E-state index contributed by atoms with van der Waals surface area (Å²) in [7, 11) is -2.85. The number of methoxy groups -OCH3 is 1. The van der Waals surface area contributed by atoms with E-state index in [4.69, 9.17) is 39.5 Å². The minimum absolute atomic E-state index is 0.0291. The van der Waals surface area contributed by atoms with Gasteiger partial charge in [-0.2, -0.15) is 0 Å². The van der Waals surface area contributed by atoms with Crippen LogP contribution in [0, 0.1) is 0 Å². The zero-order chi connectivity index (χ0) is 34.0. The normalized spacial score (nSPS) is 11.9. The summed E-state index contributed by atoms with van der Waals surface area (Å²) in [4.78, 5) is 29.8. The largest absolute Gasteiger partial charge is 0.495 e. The minimum Gasteiger partial charge on any atom is -0.495 e. The van der Waals surface area contributed by atoms with Crippen LogP contribution in [0.1, 0.15) is 30.9 Å². The zero-order valence-electron chi connectivity index (χ0n) is 26.0. The number of hydrogen-bond donors (Lipinski definition) is 1. The van der Waals surface area contributed by atoms with Gasteiger partial charge in [0.1, 0.15) is 18.3 Å². The van der Waals surface area contributed by atoms with Crippen molar-refractivity contribution in [2.24, 2.45) is 0 Å². The predicted octanol–water partition coefficient (Wildman–Crippen LogP) is 7.41. The number of nitrogens with zero attached hydrogens (tertiary/aromatic N) is 2. The van der Waals surface area contributed by atoms with Gasteiger partial charge in [0, 0.05) is 35.1 Å². The van der Waals surface area contributed by atoms with Gasteiger partial charge in [-0.05, 0) is 54.4 Å². The Balaban J connectivity index is 1.84. The van der Waals surface area contributed by atoms with Gasteiger partial charge in [0.05, 0.1) is 22.7 Å². The molecule has 248 valence electrons. The van der Waals surface area contributed by atoms with E-state index in [2.05, 4.69) is 5.32 Å². The molecule has 4 aromatic carbocycles. The highest BCUT2D eigenvalue weighted by Gasteiger charge is 2.35. The first-order valence-corrected chi connectivity index (χ1v) is 17.6. The van der Waals surface area contributed by atoms with E-state index in [0.29, 0.717) is 27.9 Å². The van der Waals surface area contributed by atoms with Gasteiger partial charge < -0.3 is 15.0 Å². The Labute approximate surface area is 291 Å². The Bertz CT molecular complexity index is 1760. The molecule has 0 fully saturated rings. The molecule has 1 N–H and O–H groups in total. The first-order chi connectivity index (χ1) is 22.6. The molecule has 8 nitrogen and oxygen atoms in total. The number of anilines is 1. The Hall–Kier alpha value is -3.76. The molecule has 47 heavy (non-hydrogen) atoms. The molecule has 0 radical (unpaired) electrons. The molecule has 0 heterocycles. The van der Waals surface area contributed by atoms with E-state index >= 15 is 0 Å². The van der Waals surface area contributed by atoms with Gasteiger partial charge in [0.2, 0.25) is 11.8 Å². The van der Waals surface area contributed by atoms with Crippen LogP contribution in [0.15, 0.2) is 102 Å². The fourth-order valence-electron chi connectivity index (χ4n) is 4.97. The van der Waals surface area contributed by atoms with Crippen LogP contribution in [-0.2, 0) is 32.6 Å². The Morgan fingerprint density at radius 3 is 2.09 bits per heavy atom. The number of hydrogen-bond acceptors (Lipinski definition) is 5. The fourth-order valence-corrected chi connectivity index (χ4v) is 7.17. The summed E-state index contributed by atoms with van der Waals surface area (Å²) in [5.74, 6) is -0.705. The number of benzene rings is 4. The van der Waals surface area contributed by atoms with Crippen molar-refractivity contribution in [2.75, 3.05) is 24.5 Å². The topological polar surface area (TPSA) is 96.0 Å². The molecule has 4 aromatic rings. The van der Waals surface area contributed by atoms with E-state index < -0.39 is 28.5 Å². The second kappa shape index (κ2) is 16.9. The van der Waals surface area contributed by atoms with Crippen LogP contribution < -0.4 is 14.4 Å². The van der Waals surface area contributed by atoms with E-state index in [9.17, 15) is 18.0 Å². The van der Waals surface area contributed by atoms with Crippen molar-refractivity contribution in [3.05, 3.63) is 123 Å². The van der Waals surface area contributed by atoms with Crippen LogP contribution in [0.25, 0.3) is 0 Å². The number of halogens is 3. The van der Waals surface area contributed by atoms with Gasteiger partial charge in [0.15, 0.2) is 0 Å². The number of amides is 2. The van der Waals surface area contributed by atoms with E-state index in [1.807, 2.05) is 37.3 Å². The number of carbonyl (C=O) groups excluding carboxylic acids is 2. The van der Waals surface area contributed by atoms with Gasteiger partial charge >= 0.3 is 0 Å². The van der Waals surface area contributed by atoms with Crippen LogP contribution in [-0.4, -0.2) is 51.4 Å². The molecule has 0 bridgehead atoms. The number of nitrogens with one attached hydrogen (secondary N) is 1. The third-order valence-electron chi connectivity index (χ3n) is 7.52. The van der Waals surface area contributed by atoms with Crippen molar-refractivity contribution in [1.29, 1.82) is 0 Å². The van der Waals surface area contributed by atoms with Crippen LogP contribution in [0.2, 0.25) is 15.1 Å². The lowest BCUT2D eigenvalue weighted by Gasteiger charge is -2.34. The molecule has 0 spiro atoms. The van der Waals surface area contributed by atoms with E-state index in [1.165, 1.54) is 42.3 Å². The second-order valence-electron chi connectivity index (χ2n) is 10.7. The molecule has 0 saturated carbocycles. The lowest BCUT2D eigenvalue weighted by atomic mass is 10.0. The summed E-state index contributed by atoms with van der Waals surface area (Å²) in [5, 5.41) is 3.71. The first kappa shape index (κ1) is 36.1. The van der Waals surface area contributed by atoms with Crippen molar-refractivity contribution in [3.8, 4) is 5.75 Å². The highest BCUT2D eigenvalue weighted by Crippen LogP contribution is 2.33. The number of carbonyl (C=O) groups is 2. The fraction of sp³-hybridized carbons (Fsp3) is 0.257. The van der Waals surface area contributed by atoms with Crippen LogP contribution in [0.3, 0.4) is 0 Å². The van der Waals surface area contributed by atoms with Crippen LogP contribution >= 0.6 is 34.8 Å². The maximum absolute atomic E-state index is 14.6. The van der Waals surface area contributed by atoms with Gasteiger partial charge in [-0.3, -0.25) is 13.9 Å². The molecule has 2 amide bonds. The summed E-state index contributed by atoms with van der Waals surface area (Å²) in [6, 6.07) is 25.4. The number of unbranched alkanes of at least 4 members (excludes halogenated alkanes) is 1. The van der Waals surface area contributed by atoms with Crippen LogP contribution in [0.4, 0.5) is 5.69 Å². The summed E-state index contributed by atoms with van der Waals surface area (Å²) in [6.45, 7) is 1.61. The average Bonchev–Trinajstić information content (AvgIpc) is 3.07. The lowest BCUT2D eigenvalue weighted by Crippen LogP contribution is -2.53. The Morgan fingerprint density at radius 1 is 0.851 bits per heavy atom. The summed E-state index contributed by atoms with van der Waals surface area (Å²) in [6.07, 6.45) is 1.76. The summed E-state index contributed by atoms with van der Waals surface area (Å²) < 4.78 is 34.5. The third kappa shape index (κ3) is 9.20. The second-order valence-corrected chi connectivity index (χ2v) is 13.8. The van der Waals surface area contributed by atoms with Gasteiger partial charge in [0.25, 0.3) is 10.0 Å². The molecule has 0 aliphatic rings. The average molecular weight is 717 g/mol. The Morgan fingerprint density at radius 2 is 1.49 bits per heavy atom. The van der Waals surface area contributed by atoms with Crippen LogP contribution in [0.5, 0.6) is 5.75 Å². The number of ether oxygens (including phenoxy) is 1. The molecular formula is C35H36Cl3N3O5S. The van der Waals surface area contributed by atoms with Crippen molar-refractivity contribution in [1.82, 2.24) is 10.2 Å². The number of rotatable bonds is 15. The number of sulfonamides is 1. The zero-order valence-corrected chi connectivity index (χ0v) is 29.1. The smallest absolute Gasteiger partial charge is 0.264 e. The highest BCUT2D eigenvalue weighted by atomic mass is 35.5. The SMILES string of the molecule is CCCCNC(=O)[C@@H](Cc1ccccc1)N(Cc1c(Cl)cccc1Cl)C(=O)CN(c1ccc(OC)c(Cl)c1)S(=O)(=O)c1ccccc1. The van der Waals surface area contributed by atoms with E-state index in [0.717, 1.165) is 22.7 Å².